The lowest BCUT2D eigenvalue weighted by molar-refractivity contribution is -0.121. The molecule has 2 N–H and O–H groups in total. The number of carbonyl (C=O) groups excluding carboxylic acids is 2. The lowest BCUT2D eigenvalue weighted by Crippen LogP contribution is -2.28. The lowest BCUT2D eigenvalue weighted by Gasteiger charge is -2.13. The molecule has 7 heteroatoms. The van der Waals surface area contributed by atoms with Gasteiger partial charge in [0.2, 0.25) is 5.91 Å². The van der Waals surface area contributed by atoms with Gasteiger partial charge in [0, 0.05) is 5.38 Å². The molecule has 3 aromatic rings. The number of nitrogens with one attached hydrogen (secondary N) is 2. The first-order valence-corrected chi connectivity index (χ1v) is 8.63. The maximum atomic E-state index is 12.2. The van der Waals surface area contributed by atoms with Crippen molar-refractivity contribution in [3.63, 3.8) is 0 Å². The molecule has 0 saturated heterocycles. The number of nitrogens with zero attached hydrogens (tertiary/aromatic N) is 1. The number of amides is 2. The number of rotatable bonds is 6. The summed E-state index contributed by atoms with van der Waals surface area (Å²) in [4.78, 5) is 28.3. The number of benzene rings is 1. The van der Waals surface area contributed by atoms with Crippen LogP contribution in [0.15, 0.2) is 58.5 Å². The molecule has 1 aromatic carbocycles. The predicted octanol–water partition coefficient (Wildman–Crippen LogP) is 3.41. The van der Waals surface area contributed by atoms with Gasteiger partial charge in [-0.1, -0.05) is 30.3 Å². The monoisotopic (exact) mass is 355 g/mol. The molecule has 1 atom stereocenters. The topological polar surface area (TPSA) is 84.2 Å². The van der Waals surface area contributed by atoms with E-state index in [0.717, 1.165) is 5.56 Å². The van der Waals surface area contributed by atoms with Crippen molar-refractivity contribution in [1.29, 1.82) is 0 Å². The Morgan fingerprint density at radius 1 is 1.20 bits per heavy atom. The van der Waals surface area contributed by atoms with E-state index in [4.69, 9.17) is 4.42 Å². The first-order chi connectivity index (χ1) is 12.1. The van der Waals surface area contributed by atoms with Crippen molar-refractivity contribution in [2.24, 2.45) is 0 Å². The van der Waals surface area contributed by atoms with Gasteiger partial charge in [0.15, 0.2) is 10.9 Å². The van der Waals surface area contributed by atoms with Gasteiger partial charge in [-0.3, -0.25) is 14.9 Å². The van der Waals surface area contributed by atoms with Crippen molar-refractivity contribution >= 4 is 28.3 Å². The third-order valence-electron chi connectivity index (χ3n) is 3.54. The highest BCUT2D eigenvalue weighted by molar-refractivity contribution is 7.14. The molecule has 128 valence electrons. The van der Waals surface area contributed by atoms with Gasteiger partial charge < -0.3 is 9.73 Å². The third-order valence-corrected chi connectivity index (χ3v) is 4.34. The van der Waals surface area contributed by atoms with Crippen molar-refractivity contribution < 1.29 is 14.0 Å². The van der Waals surface area contributed by atoms with Crippen LogP contribution in [0.4, 0.5) is 5.13 Å². The van der Waals surface area contributed by atoms with Gasteiger partial charge in [-0.15, -0.1) is 11.3 Å². The molecule has 0 spiro atoms. The summed E-state index contributed by atoms with van der Waals surface area (Å²) in [6.45, 7) is 1.93. The Labute approximate surface area is 148 Å². The molecule has 2 amide bonds. The molecule has 0 bridgehead atoms. The number of thiazole rings is 1. The fraction of sp³-hybridized carbons (Fsp3) is 0.167. The Balaban J connectivity index is 1.54. The van der Waals surface area contributed by atoms with Crippen LogP contribution in [0.25, 0.3) is 0 Å². The second kappa shape index (κ2) is 7.76. The van der Waals surface area contributed by atoms with Crippen LogP contribution in [0.2, 0.25) is 0 Å². The minimum absolute atomic E-state index is 0.0783. The number of aromatic nitrogens is 1. The number of hydrogen-bond donors (Lipinski definition) is 2. The van der Waals surface area contributed by atoms with Gasteiger partial charge >= 0.3 is 0 Å². The van der Waals surface area contributed by atoms with E-state index in [1.54, 1.807) is 17.5 Å². The summed E-state index contributed by atoms with van der Waals surface area (Å²) < 4.78 is 5.03. The summed E-state index contributed by atoms with van der Waals surface area (Å²) in [6.07, 6.45) is 1.59. The molecule has 25 heavy (non-hydrogen) atoms. The van der Waals surface area contributed by atoms with Crippen LogP contribution < -0.4 is 10.6 Å². The second-order valence-corrected chi connectivity index (χ2v) is 6.31. The third kappa shape index (κ3) is 4.54. The maximum Gasteiger partial charge on any atom is 0.293 e. The zero-order valence-electron chi connectivity index (χ0n) is 13.6. The number of furan rings is 1. The molecule has 0 radical (unpaired) electrons. The van der Waals surface area contributed by atoms with Crippen molar-refractivity contribution in [1.82, 2.24) is 10.3 Å². The summed E-state index contributed by atoms with van der Waals surface area (Å²) in [5.74, 6) is -0.273. The lowest BCUT2D eigenvalue weighted by atomic mass is 10.1. The predicted molar refractivity (Wildman–Crippen MR) is 95.5 cm³/mol. The Morgan fingerprint density at radius 3 is 2.72 bits per heavy atom. The van der Waals surface area contributed by atoms with Crippen LogP contribution in [0.5, 0.6) is 0 Å². The minimum atomic E-state index is -0.368. The van der Waals surface area contributed by atoms with Crippen LogP contribution in [-0.2, 0) is 11.2 Å². The van der Waals surface area contributed by atoms with Gasteiger partial charge in [0.1, 0.15) is 0 Å². The summed E-state index contributed by atoms with van der Waals surface area (Å²) in [6, 6.07) is 12.9. The Morgan fingerprint density at radius 2 is 2.00 bits per heavy atom. The fourth-order valence-corrected chi connectivity index (χ4v) is 3.00. The Bertz CT molecular complexity index is 844. The zero-order chi connectivity index (χ0) is 17.6. The average molecular weight is 355 g/mol. The highest BCUT2D eigenvalue weighted by Gasteiger charge is 2.14. The second-order valence-electron chi connectivity index (χ2n) is 5.45. The van der Waals surface area contributed by atoms with E-state index >= 15 is 0 Å². The summed E-state index contributed by atoms with van der Waals surface area (Å²) in [5.41, 5.74) is 1.65. The van der Waals surface area contributed by atoms with E-state index in [1.165, 1.54) is 17.6 Å². The average Bonchev–Trinajstić information content (AvgIpc) is 3.27. The van der Waals surface area contributed by atoms with E-state index in [-0.39, 0.29) is 30.0 Å². The molecular weight excluding hydrogens is 338 g/mol. The molecule has 0 aliphatic rings. The molecule has 2 aromatic heterocycles. The fourth-order valence-electron chi connectivity index (χ4n) is 2.29. The Kier molecular flexibility index (Phi) is 5.25. The van der Waals surface area contributed by atoms with Crippen molar-refractivity contribution in [2.75, 3.05) is 5.32 Å². The van der Waals surface area contributed by atoms with E-state index in [9.17, 15) is 9.59 Å². The molecule has 0 aliphatic carbocycles. The van der Waals surface area contributed by atoms with Crippen LogP contribution in [0, 0.1) is 0 Å². The molecule has 0 saturated carbocycles. The normalized spacial score (nSPS) is 11.7. The molecule has 2 heterocycles. The summed E-state index contributed by atoms with van der Waals surface area (Å²) in [7, 11) is 0. The van der Waals surface area contributed by atoms with E-state index < -0.39 is 0 Å². The standard InChI is InChI=1S/C18H17N3O3S/c1-12(13-6-3-2-4-7-13)19-16(22)10-14-11-25-18(20-14)21-17(23)15-8-5-9-24-15/h2-9,11-12H,10H2,1H3,(H,19,22)(H,20,21,23). The first-order valence-electron chi connectivity index (χ1n) is 7.75. The van der Waals surface area contributed by atoms with Gasteiger partial charge in [0.25, 0.3) is 5.91 Å². The minimum Gasteiger partial charge on any atom is -0.459 e. The highest BCUT2D eigenvalue weighted by atomic mass is 32.1. The van der Waals surface area contributed by atoms with Gasteiger partial charge in [-0.25, -0.2) is 4.98 Å². The summed E-state index contributed by atoms with van der Waals surface area (Å²) in [5, 5.41) is 7.77. The molecule has 6 nitrogen and oxygen atoms in total. The van der Waals surface area contributed by atoms with E-state index in [1.807, 2.05) is 37.3 Å². The highest BCUT2D eigenvalue weighted by Crippen LogP contribution is 2.18. The van der Waals surface area contributed by atoms with Crippen molar-refractivity contribution in [3.8, 4) is 0 Å². The van der Waals surface area contributed by atoms with Gasteiger partial charge in [-0.05, 0) is 24.6 Å². The smallest absolute Gasteiger partial charge is 0.293 e. The molecule has 1 unspecified atom stereocenters. The van der Waals surface area contributed by atoms with Crippen molar-refractivity contribution in [2.45, 2.75) is 19.4 Å². The molecule has 0 fully saturated rings. The summed E-state index contributed by atoms with van der Waals surface area (Å²) >= 11 is 1.27. The molecular formula is C18H17N3O3S. The van der Waals surface area contributed by atoms with Gasteiger partial charge in [0.05, 0.1) is 24.4 Å². The van der Waals surface area contributed by atoms with Crippen LogP contribution in [0.1, 0.15) is 34.8 Å². The van der Waals surface area contributed by atoms with E-state index in [2.05, 4.69) is 15.6 Å². The van der Waals surface area contributed by atoms with Crippen molar-refractivity contribution in [3.05, 3.63) is 71.1 Å². The van der Waals surface area contributed by atoms with Crippen LogP contribution in [0.3, 0.4) is 0 Å². The SMILES string of the molecule is CC(NC(=O)Cc1csc(NC(=O)c2ccco2)n1)c1ccccc1. The van der Waals surface area contributed by atoms with E-state index in [0.29, 0.717) is 10.8 Å². The molecule has 3 rings (SSSR count). The van der Waals surface area contributed by atoms with Crippen LogP contribution in [-0.4, -0.2) is 16.8 Å². The number of carbonyl (C=O) groups is 2. The Hall–Kier alpha value is -2.93. The maximum absolute atomic E-state index is 12.2. The number of anilines is 1. The largest absolute Gasteiger partial charge is 0.459 e. The molecule has 0 aliphatic heterocycles. The zero-order valence-corrected chi connectivity index (χ0v) is 14.4. The number of hydrogen-bond acceptors (Lipinski definition) is 5. The first kappa shape index (κ1) is 16.9. The van der Waals surface area contributed by atoms with Gasteiger partial charge in [-0.2, -0.15) is 0 Å². The van der Waals surface area contributed by atoms with Crippen LogP contribution >= 0.6 is 11.3 Å². The quantitative estimate of drug-likeness (QED) is 0.710.